The van der Waals surface area contributed by atoms with Crippen LogP contribution in [-0.4, -0.2) is 47.9 Å². The Morgan fingerprint density at radius 1 is 1.18 bits per heavy atom. The van der Waals surface area contributed by atoms with Crippen molar-refractivity contribution in [2.75, 3.05) is 20.2 Å². The van der Waals surface area contributed by atoms with E-state index < -0.39 is 0 Å². The van der Waals surface area contributed by atoms with Gasteiger partial charge < -0.3 is 14.5 Å². The second-order valence-electron chi connectivity index (χ2n) is 11.1. The van der Waals surface area contributed by atoms with Crippen LogP contribution in [-0.2, 0) is 16.0 Å². The Morgan fingerprint density at radius 3 is 2.50 bits per heavy atom. The third-order valence-corrected chi connectivity index (χ3v) is 7.81. The summed E-state index contributed by atoms with van der Waals surface area (Å²) in [7, 11) is 1.66. The van der Waals surface area contributed by atoms with E-state index in [4.69, 9.17) is 4.74 Å². The predicted molar refractivity (Wildman–Crippen MR) is 137 cm³/mol. The van der Waals surface area contributed by atoms with Crippen molar-refractivity contribution in [3.63, 3.8) is 0 Å². The average Bonchev–Trinajstić information content (AvgIpc) is 3.50. The van der Waals surface area contributed by atoms with Crippen molar-refractivity contribution < 1.29 is 14.3 Å². The van der Waals surface area contributed by atoms with Crippen LogP contribution in [0.2, 0.25) is 0 Å². The molecule has 0 radical (unpaired) electrons. The molecule has 6 heteroatoms. The number of carbonyl (C=O) groups excluding carboxylic acids is 2. The number of nitrogens with zero attached hydrogens (tertiary/aromatic N) is 2. The molecule has 1 aromatic heterocycles. The molecule has 2 unspecified atom stereocenters. The Bertz CT molecular complexity index is 1000. The summed E-state index contributed by atoms with van der Waals surface area (Å²) in [4.78, 5) is 32.2. The molecule has 1 fully saturated rings. The maximum atomic E-state index is 13.7. The molecule has 5 nitrogen and oxygen atoms in total. The standard InChI is InChI=1S/C28H38N2O3S/c1-19(17-28(2,3)4)16-25(31)30(21-8-9-21)18-26(32)29-14-12-24-23(13-15-34-24)27(29)20-6-10-22(33-5)11-7-20/h6-7,10-11,13,15,19,21,27H,8-9,12,14,16-18H2,1-5H3. The highest BCUT2D eigenvalue weighted by molar-refractivity contribution is 7.10. The van der Waals surface area contributed by atoms with Crippen LogP contribution in [0.15, 0.2) is 35.7 Å². The number of benzene rings is 1. The quantitative estimate of drug-likeness (QED) is 0.486. The molecule has 4 rings (SSSR count). The van der Waals surface area contributed by atoms with Gasteiger partial charge in [-0.1, -0.05) is 39.8 Å². The second-order valence-corrected chi connectivity index (χ2v) is 12.1. The zero-order valence-electron chi connectivity index (χ0n) is 21.2. The van der Waals surface area contributed by atoms with E-state index in [9.17, 15) is 9.59 Å². The number of thiophene rings is 1. The van der Waals surface area contributed by atoms with Gasteiger partial charge in [-0.25, -0.2) is 0 Å². The SMILES string of the molecule is COc1ccc(C2c3ccsc3CCN2C(=O)CN(C(=O)CC(C)CC(C)(C)C)C2CC2)cc1. The van der Waals surface area contributed by atoms with E-state index in [1.807, 2.05) is 21.9 Å². The molecule has 2 heterocycles. The largest absolute Gasteiger partial charge is 0.497 e. The molecule has 0 spiro atoms. The third kappa shape index (κ3) is 5.83. The van der Waals surface area contributed by atoms with Gasteiger partial charge in [0.2, 0.25) is 11.8 Å². The lowest BCUT2D eigenvalue weighted by atomic mass is 9.84. The van der Waals surface area contributed by atoms with Gasteiger partial charge in [0.25, 0.3) is 0 Å². The second kappa shape index (κ2) is 10.1. The minimum absolute atomic E-state index is 0.0430. The van der Waals surface area contributed by atoms with Gasteiger partial charge in [0.1, 0.15) is 12.3 Å². The molecule has 0 bridgehead atoms. The lowest BCUT2D eigenvalue weighted by Crippen LogP contribution is -2.47. The van der Waals surface area contributed by atoms with E-state index in [-0.39, 0.29) is 35.9 Å². The Balaban J connectivity index is 1.52. The van der Waals surface area contributed by atoms with Crippen LogP contribution in [0, 0.1) is 11.3 Å². The van der Waals surface area contributed by atoms with E-state index in [1.54, 1.807) is 18.4 Å². The normalized spacial score (nSPS) is 18.9. The maximum Gasteiger partial charge on any atom is 0.243 e. The summed E-state index contributed by atoms with van der Waals surface area (Å²) in [5.41, 5.74) is 2.48. The van der Waals surface area contributed by atoms with E-state index >= 15 is 0 Å². The van der Waals surface area contributed by atoms with Gasteiger partial charge in [-0.05, 0) is 71.7 Å². The number of fused-ring (bicyclic) bond motifs is 1. The first-order valence-electron chi connectivity index (χ1n) is 12.5. The van der Waals surface area contributed by atoms with Crippen LogP contribution in [0.5, 0.6) is 5.75 Å². The minimum atomic E-state index is -0.121. The van der Waals surface area contributed by atoms with Gasteiger partial charge in [0.05, 0.1) is 13.2 Å². The van der Waals surface area contributed by atoms with E-state index in [0.717, 1.165) is 37.0 Å². The number of methoxy groups -OCH3 is 1. The highest BCUT2D eigenvalue weighted by Crippen LogP contribution is 2.39. The van der Waals surface area contributed by atoms with E-state index in [2.05, 4.69) is 51.3 Å². The number of amides is 2. The van der Waals surface area contributed by atoms with Gasteiger partial charge in [0.15, 0.2) is 0 Å². The molecule has 1 aromatic carbocycles. The monoisotopic (exact) mass is 482 g/mol. The Labute approximate surface area is 208 Å². The van der Waals surface area contributed by atoms with Gasteiger partial charge in [-0.3, -0.25) is 9.59 Å². The van der Waals surface area contributed by atoms with Gasteiger partial charge in [-0.2, -0.15) is 0 Å². The number of hydrogen-bond acceptors (Lipinski definition) is 4. The molecule has 1 aliphatic heterocycles. The first-order valence-corrected chi connectivity index (χ1v) is 13.3. The van der Waals surface area contributed by atoms with Gasteiger partial charge in [0, 0.05) is 23.9 Å². The maximum absolute atomic E-state index is 13.7. The summed E-state index contributed by atoms with van der Waals surface area (Å²) in [5.74, 6) is 1.28. The molecule has 0 N–H and O–H groups in total. The summed E-state index contributed by atoms with van der Waals surface area (Å²) in [6, 6.07) is 10.3. The fourth-order valence-electron chi connectivity index (χ4n) is 5.31. The lowest BCUT2D eigenvalue weighted by molar-refractivity contribution is -0.142. The Kier molecular flexibility index (Phi) is 7.36. The van der Waals surface area contributed by atoms with Crippen LogP contribution in [0.25, 0.3) is 0 Å². The number of hydrogen-bond donors (Lipinski definition) is 0. The number of ether oxygens (including phenoxy) is 1. The van der Waals surface area contributed by atoms with Gasteiger partial charge in [-0.15, -0.1) is 11.3 Å². The van der Waals surface area contributed by atoms with Gasteiger partial charge >= 0.3 is 0 Å². The molecule has 184 valence electrons. The summed E-state index contributed by atoms with van der Waals surface area (Å²) in [6.45, 7) is 9.64. The molecule has 0 saturated heterocycles. The Morgan fingerprint density at radius 2 is 1.88 bits per heavy atom. The van der Waals surface area contributed by atoms with E-state index in [1.165, 1.54) is 10.4 Å². The molecule has 2 aliphatic rings. The lowest BCUT2D eigenvalue weighted by Gasteiger charge is -2.38. The fourth-order valence-corrected chi connectivity index (χ4v) is 6.21. The average molecular weight is 483 g/mol. The predicted octanol–water partition coefficient (Wildman–Crippen LogP) is 5.68. The number of rotatable bonds is 8. The van der Waals surface area contributed by atoms with Crippen LogP contribution >= 0.6 is 11.3 Å². The van der Waals surface area contributed by atoms with Crippen molar-refractivity contribution in [3.05, 3.63) is 51.7 Å². The van der Waals surface area contributed by atoms with Crippen molar-refractivity contribution in [1.29, 1.82) is 0 Å². The third-order valence-electron chi connectivity index (χ3n) is 6.82. The van der Waals surface area contributed by atoms with Crippen molar-refractivity contribution in [1.82, 2.24) is 9.80 Å². The van der Waals surface area contributed by atoms with E-state index in [0.29, 0.717) is 18.9 Å². The molecule has 2 amide bonds. The fraction of sp³-hybridized carbons (Fsp3) is 0.571. The highest BCUT2D eigenvalue weighted by Gasteiger charge is 2.38. The van der Waals surface area contributed by atoms with Crippen LogP contribution in [0.4, 0.5) is 0 Å². The molecular formula is C28H38N2O3S. The first kappa shape index (κ1) is 24.8. The van der Waals surface area contributed by atoms with Crippen LogP contribution in [0.3, 0.4) is 0 Å². The van der Waals surface area contributed by atoms with Crippen molar-refractivity contribution in [2.24, 2.45) is 11.3 Å². The summed E-state index contributed by atoms with van der Waals surface area (Å²) in [6.07, 6.45) is 4.38. The topological polar surface area (TPSA) is 49.9 Å². The zero-order chi connectivity index (χ0) is 24.5. The smallest absolute Gasteiger partial charge is 0.243 e. The molecule has 1 saturated carbocycles. The van der Waals surface area contributed by atoms with Crippen LogP contribution in [0.1, 0.15) is 75.4 Å². The Hall–Kier alpha value is -2.34. The van der Waals surface area contributed by atoms with Crippen molar-refractivity contribution >= 4 is 23.2 Å². The molecular weight excluding hydrogens is 444 g/mol. The molecule has 34 heavy (non-hydrogen) atoms. The molecule has 2 aromatic rings. The van der Waals surface area contributed by atoms with Crippen molar-refractivity contribution in [2.45, 2.75) is 71.9 Å². The zero-order valence-corrected chi connectivity index (χ0v) is 22.0. The highest BCUT2D eigenvalue weighted by atomic mass is 32.1. The number of carbonyl (C=O) groups is 2. The first-order chi connectivity index (χ1) is 16.2. The summed E-state index contributed by atoms with van der Waals surface area (Å²) in [5, 5.41) is 2.12. The van der Waals surface area contributed by atoms with Crippen molar-refractivity contribution in [3.8, 4) is 5.75 Å². The summed E-state index contributed by atoms with van der Waals surface area (Å²) < 4.78 is 5.34. The van der Waals surface area contributed by atoms with Crippen LogP contribution < -0.4 is 4.74 Å². The minimum Gasteiger partial charge on any atom is -0.497 e. The summed E-state index contributed by atoms with van der Waals surface area (Å²) >= 11 is 1.76. The molecule has 1 aliphatic carbocycles. The molecule has 2 atom stereocenters.